The third-order valence-corrected chi connectivity index (χ3v) is 2.82. The van der Waals surface area contributed by atoms with Gasteiger partial charge in [0, 0.05) is 13.1 Å². The highest BCUT2D eigenvalue weighted by Crippen LogP contribution is 2.21. The van der Waals surface area contributed by atoms with Gasteiger partial charge in [-0.1, -0.05) is 15.5 Å². The van der Waals surface area contributed by atoms with Gasteiger partial charge in [0.25, 0.3) is 0 Å². The molecular formula is C10H11N2P. The second kappa shape index (κ2) is 3.46. The Kier molecular flexibility index (Phi) is 2.31. The summed E-state index contributed by atoms with van der Waals surface area (Å²) in [5.41, 5.74) is 3.45. The number of nitriles is 1. The van der Waals surface area contributed by atoms with Crippen LogP contribution in [0, 0.1) is 11.3 Å². The molecule has 0 saturated heterocycles. The Bertz CT molecular complexity index is 368. The topological polar surface area (TPSA) is 27.0 Å². The third kappa shape index (κ3) is 1.72. The van der Waals surface area contributed by atoms with Gasteiger partial charge in [-0.25, -0.2) is 0 Å². The smallest absolute Gasteiger partial charge is 0.0991 e. The fraction of sp³-hybridized carbons (Fsp3) is 0.300. The summed E-state index contributed by atoms with van der Waals surface area (Å²) in [4.78, 5) is 0. The molecule has 0 bridgehead atoms. The Labute approximate surface area is 80.4 Å². The molecular weight excluding hydrogens is 179 g/mol. The van der Waals surface area contributed by atoms with Crippen LogP contribution in [0.25, 0.3) is 0 Å². The first-order valence-corrected chi connectivity index (χ1v) is 4.83. The molecule has 0 N–H and O–H groups in total. The molecule has 1 aliphatic heterocycles. The van der Waals surface area contributed by atoms with E-state index < -0.39 is 0 Å². The zero-order valence-electron chi connectivity index (χ0n) is 7.33. The van der Waals surface area contributed by atoms with Crippen molar-refractivity contribution >= 4 is 9.39 Å². The van der Waals surface area contributed by atoms with Gasteiger partial charge in [-0.15, -0.1) is 0 Å². The van der Waals surface area contributed by atoms with E-state index >= 15 is 0 Å². The number of fused-ring (bicyclic) bond motifs is 1. The lowest BCUT2D eigenvalue weighted by Crippen LogP contribution is -2.21. The average molecular weight is 190 g/mol. The Morgan fingerprint density at radius 3 is 3.00 bits per heavy atom. The van der Waals surface area contributed by atoms with Crippen molar-refractivity contribution in [1.29, 1.82) is 5.26 Å². The molecule has 0 radical (unpaired) electrons. The lowest BCUT2D eigenvalue weighted by molar-refractivity contribution is 0.443. The predicted molar refractivity (Wildman–Crippen MR) is 55.0 cm³/mol. The minimum absolute atomic E-state index is 0.774. The minimum atomic E-state index is 0.774. The van der Waals surface area contributed by atoms with Gasteiger partial charge in [0.1, 0.15) is 0 Å². The minimum Gasteiger partial charge on any atom is -0.283 e. The van der Waals surface area contributed by atoms with Crippen LogP contribution >= 0.6 is 9.39 Å². The Morgan fingerprint density at radius 2 is 2.23 bits per heavy atom. The standard InChI is InChI=1S/C10H11N2P/c11-6-8-1-2-10-7-12(13)4-3-9(10)5-8/h1-2,5H,3-4,7,13H2. The van der Waals surface area contributed by atoms with Crippen molar-refractivity contribution in [3.8, 4) is 6.07 Å². The number of rotatable bonds is 0. The van der Waals surface area contributed by atoms with Gasteiger partial charge < -0.3 is 0 Å². The summed E-state index contributed by atoms with van der Waals surface area (Å²) in [5, 5.41) is 8.73. The summed E-state index contributed by atoms with van der Waals surface area (Å²) < 4.78 is 2.22. The van der Waals surface area contributed by atoms with Crippen molar-refractivity contribution in [3.63, 3.8) is 0 Å². The highest BCUT2D eigenvalue weighted by molar-refractivity contribution is 7.13. The van der Waals surface area contributed by atoms with E-state index in [1.165, 1.54) is 11.1 Å². The van der Waals surface area contributed by atoms with Crippen LogP contribution in [0.4, 0.5) is 0 Å². The van der Waals surface area contributed by atoms with Crippen molar-refractivity contribution in [2.45, 2.75) is 13.0 Å². The lowest BCUT2D eigenvalue weighted by Gasteiger charge is -2.24. The second-order valence-electron chi connectivity index (χ2n) is 3.32. The zero-order valence-corrected chi connectivity index (χ0v) is 8.48. The quantitative estimate of drug-likeness (QED) is 0.582. The largest absolute Gasteiger partial charge is 0.283 e. The zero-order chi connectivity index (χ0) is 9.26. The van der Waals surface area contributed by atoms with Crippen molar-refractivity contribution in [2.24, 2.45) is 0 Å². The fourth-order valence-electron chi connectivity index (χ4n) is 1.64. The van der Waals surface area contributed by atoms with Gasteiger partial charge in [-0.2, -0.15) is 5.26 Å². The summed E-state index contributed by atoms with van der Waals surface area (Å²) >= 11 is 0. The van der Waals surface area contributed by atoms with Gasteiger partial charge in [0.2, 0.25) is 0 Å². The van der Waals surface area contributed by atoms with Gasteiger partial charge in [-0.05, 0) is 29.7 Å². The van der Waals surface area contributed by atoms with Crippen LogP contribution in [0.2, 0.25) is 0 Å². The van der Waals surface area contributed by atoms with Gasteiger partial charge in [0.15, 0.2) is 0 Å². The van der Waals surface area contributed by atoms with Crippen molar-refractivity contribution in [3.05, 3.63) is 34.9 Å². The van der Waals surface area contributed by atoms with E-state index in [0.29, 0.717) is 0 Å². The summed E-state index contributed by atoms with van der Waals surface area (Å²) in [6, 6.07) is 8.13. The highest BCUT2D eigenvalue weighted by atomic mass is 31.0. The van der Waals surface area contributed by atoms with E-state index in [0.717, 1.165) is 25.1 Å². The van der Waals surface area contributed by atoms with Crippen LogP contribution < -0.4 is 0 Å². The van der Waals surface area contributed by atoms with E-state index in [4.69, 9.17) is 5.26 Å². The van der Waals surface area contributed by atoms with Crippen LogP contribution in [0.1, 0.15) is 16.7 Å². The van der Waals surface area contributed by atoms with Crippen molar-refractivity contribution in [2.75, 3.05) is 6.54 Å². The number of benzene rings is 1. The van der Waals surface area contributed by atoms with Crippen LogP contribution in [0.5, 0.6) is 0 Å². The first kappa shape index (κ1) is 8.69. The van der Waals surface area contributed by atoms with E-state index in [1.54, 1.807) is 0 Å². The van der Waals surface area contributed by atoms with Gasteiger partial charge in [-0.3, -0.25) is 4.67 Å². The van der Waals surface area contributed by atoms with Crippen molar-refractivity contribution in [1.82, 2.24) is 4.67 Å². The second-order valence-corrected chi connectivity index (χ2v) is 4.05. The van der Waals surface area contributed by atoms with Crippen molar-refractivity contribution < 1.29 is 0 Å². The molecule has 66 valence electrons. The Hall–Kier alpha value is -0.900. The first-order valence-electron chi connectivity index (χ1n) is 4.31. The molecule has 2 rings (SSSR count). The van der Waals surface area contributed by atoms with Gasteiger partial charge in [0.05, 0.1) is 11.6 Å². The van der Waals surface area contributed by atoms with E-state index in [2.05, 4.69) is 26.2 Å². The van der Waals surface area contributed by atoms with E-state index in [9.17, 15) is 0 Å². The molecule has 3 heteroatoms. The molecule has 0 fully saturated rings. The molecule has 0 aromatic heterocycles. The maximum atomic E-state index is 8.73. The Balaban J connectivity index is 2.38. The summed E-state index contributed by atoms with van der Waals surface area (Å²) in [6.07, 6.45) is 1.05. The molecule has 1 aromatic rings. The molecule has 0 amide bonds. The third-order valence-electron chi connectivity index (χ3n) is 2.38. The molecule has 1 aliphatic rings. The Morgan fingerprint density at radius 1 is 1.38 bits per heavy atom. The molecule has 13 heavy (non-hydrogen) atoms. The molecule has 0 saturated carbocycles. The predicted octanol–water partition coefficient (Wildman–Crippen LogP) is 1.71. The molecule has 1 unspecified atom stereocenters. The maximum Gasteiger partial charge on any atom is 0.0991 e. The summed E-state index contributed by atoms with van der Waals surface area (Å²) in [7, 11) is 2.72. The SMILES string of the molecule is N#Cc1ccc2c(c1)CCN(P)C2. The van der Waals surface area contributed by atoms with E-state index in [1.807, 2.05) is 12.1 Å². The van der Waals surface area contributed by atoms with Crippen LogP contribution in [-0.4, -0.2) is 11.2 Å². The number of hydrogen-bond acceptors (Lipinski definition) is 2. The molecule has 2 nitrogen and oxygen atoms in total. The van der Waals surface area contributed by atoms with Crippen LogP contribution in [0.3, 0.4) is 0 Å². The molecule has 1 heterocycles. The first-order chi connectivity index (χ1) is 6.29. The molecule has 0 spiro atoms. The van der Waals surface area contributed by atoms with E-state index in [-0.39, 0.29) is 0 Å². The number of nitrogens with zero attached hydrogens (tertiary/aromatic N) is 2. The number of hydrogen-bond donors (Lipinski definition) is 0. The summed E-state index contributed by atoms with van der Waals surface area (Å²) in [6.45, 7) is 2.04. The highest BCUT2D eigenvalue weighted by Gasteiger charge is 2.12. The molecule has 0 aliphatic carbocycles. The molecule has 1 atom stereocenters. The lowest BCUT2D eigenvalue weighted by atomic mass is 9.99. The van der Waals surface area contributed by atoms with Gasteiger partial charge >= 0.3 is 0 Å². The van der Waals surface area contributed by atoms with Crippen LogP contribution in [0.15, 0.2) is 18.2 Å². The fourth-order valence-corrected chi connectivity index (χ4v) is 1.97. The normalized spacial score (nSPS) is 16.3. The monoisotopic (exact) mass is 190 g/mol. The summed E-state index contributed by atoms with van der Waals surface area (Å²) in [5.74, 6) is 0. The maximum absolute atomic E-state index is 8.73. The molecule has 1 aromatic carbocycles. The van der Waals surface area contributed by atoms with Crippen LogP contribution in [-0.2, 0) is 13.0 Å². The average Bonchev–Trinajstić information content (AvgIpc) is 2.17.